The average Bonchev–Trinajstić information content (AvgIpc) is 1.99. The Morgan fingerprint density at radius 3 is 1.82 bits per heavy atom. The Morgan fingerprint density at radius 2 is 1.59 bits per heavy atom. The van der Waals surface area contributed by atoms with Crippen molar-refractivity contribution in [1.29, 1.82) is 0 Å². The summed E-state index contributed by atoms with van der Waals surface area (Å²) in [5.74, 6) is -0.133. The zero-order valence-corrected chi connectivity index (χ0v) is 16.5. The summed E-state index contributed by atoms with van der Waals surface area (Å²) in [4.78, 5) is 11.1. The van der Waals surface area contributed by atoms with E-state index in [9.17, 15) is 4.79 Å². The number of hydrogen-bond donors (Lipinski definition) is 0. The minimum absolute atomic E-state index is 0. The van der Waals surface area contributed by atoms with Crippen LogP contribution in [0.5, 0.6) is 0 Å². The van der Waals surface area contributed by atoms with Gasteiger partial charge in [0, 0.05) is 0 Å². The summed E-state index contributed by atoms with van der Waals surface area (Å²) in [6.07, 6.45) is 1.67. The third-order valence-corrected chi connectivity index (χ3v) is 1.24. The Morgan fingerprint density at radius 1 is 1.24 bits per heavy atom. The predicted octanol–water partition coefficient (Wildman–Crippen LogP) is 3.89. The van der Waals surface area contributed by atoms with Crippen LogP contribution in [-0.2, 0) is 29.0 Å². The van der Waals surface area contributed by atoms with Gasteiger partial charge in [-0.25, -0.2) is 0 Å². The van der Waals surface area contributed by atoms with Crippen LogP contribution >= 0.6 is 0 Å². The fraction of sp³-hybridized carbons (Fsp3) is 0.769. The minimum Gasteiger partial charge on any atom is -0.465 e. The number of hydrogen-bond acceptors (Lipinski definition) is 2. The van der Waals surface area contributed by atoms with Crippen LogP contribution in [0.4, 0.5) is 0 Å². The first-order valence-electron chi connectivity index (χ1n) is 5.80. The van der Waals surface area contributed by atoms with Crippen molar-refractivity contribution in [3.8, 4) is 0 Å². The van der Waals surface area contributed by atoms with Gasteiger partial charge in [-0.2, -0.15) is 6.42 Å². The van der Waals surface area contributed by atoms with Crippen LogP contribution in [0.15, 0.2) is 0 Å². The van der Waals surface area contributed by atoms with Crippen molar-refractivity contribution in [3.05, 3.63) is 13.5 Å². The molecule has 0 unspecified atom stereocenters. The molecule has 0 saturated carbocycles. The molecule has 0 rings (SSSR count). The second-order valence-electron chi connectivity index (χ2n) is 6.15. The zero-order valence-electron chi connectivity index (χ0n) is 12.6. The van der Waals surface area contributed by atoms with Gasteiger partial charge in [-0.05, 0) is 27.2 Å². The van der Waals surface area contributed by atoms with E-state index in [1.54, 1.807) is 0 Å². The number of carbonyl (C=O) groups is 1. The van der Waals surface area contributed by atoms with Crippen LogP contribution in [0, 0.1) is 18.9 Å². The van der Waals surface area contributed by atoms with E-state index in [-0.39, 0.29) is 30.9 Å². The van der Waals surface area contributed by atoms with E-state index < -0.39 is 8.07 Å². The van der Waals surface area contributed by atoms with E-state index in [1.807, 2.05) is 20.8 Å². The molecule has 0 radical (unpaired) electrons. The summed E-state index contributed by atoms with van der Waals surface area (Å²) in [6, 6.07) is 0. The van der Waals surface area contributed by atoms with Gasteiger partial charge in [-0.3, -0.25) is 4.79 Å². The van der Waals surface area contributed by atoms with Gasteiger partial charge in [-0.1, -0.05) is 19.6 Å². The fourth-order valence-corrected chi connectivity index (χ4v) is 0.483. The first-order valence-corrected chi connectivity index (χ1v) is 9.51. The fourth-order valence-electron chi connectivity index (χ4n) is 0.483. The van der Waals surface area contributed by atoms with Gasteiger partial charge in [0.1, 0.15) is 0 Å². The summed E-state index contributed by atoms with van der Waals surface area (Å²) >= 11 is 0. The van der Waals surface area contributed by atoms with Gasteiger partial charge in [0.05, 0.1) is 12.0 Å². The minimum atomic E-state index is -0.861. The molecule has 0 bridgehead atoms. The van der Waals surface area contributed by atoms with E-state index in [4.69, 9.17) is 4.74 Å². The Hall–Kier alpha value is 0.310. The van der Waals surface area contributed by atoms with Crippen LogP contribution in [0.1, 0.15) is 33.6 Å². The Kier molecular flexibility index (Phi) is 13.6. The molecule has 0 aliphatic carbocycles. The van der Waals surface area contributed by atoms with E-state index >= 15 is 0 Å². The van der Waals surface area contributed by atoms with Crippen molar-refractivity contribution in [1.82, 2.24) is 0 Å². The maximum atomic E-state index is 11.1. The van der Waals surface area contributed by atoms with Gasteiger partial charge in [0.25, 0.3) is 0 Å². The first-order chi connectivity index (χ1) is 6.98. The van der Waals surface area contributed by atoms with Crippen molar-refractivity contribution in [2.75, 3.05) is 6.61 Å². The number of carbonyl (C=O) groups excluding carboxylic acids is 1. The first kappa shape index (κ1) is 22.5. The molecule has 0 spiro atoms. The van der Waals surface area contributed by atoms with E-state index in [2.05, 4.69) is 33.1 Å². The molecule has 0 fully saturated rings. The molecule has 0 aliphatic heterocycles. The second-order valence-corrected chi connectivity index (χ2v) is 11.3. The molecule has 0 saturated heterocycles. The van der Waals surface area contributed by atoms with Gasteiger partial charge < -0.3 is 18.2 Å². The maximum Gasteiger partial charge on any atom is 2.00 e. The average molecular weight is 310 g/mol. The van der Waals surface area contributed by atoms with Crippen molar-refractivity contribution in [3.63, 3.8) is 0 Å². The van der Waals surface area contributed by atoms with Crippen LogP contribution < -0.4 is 0 Å². The van der Waals surface area contributed by atoms with Gasteiger partial charge in [0.2, 0.25) is 0 Å². The topological polar surface area (TPSA) is 26.3 Å². The molecule has 0 aromatic carbocycles. The van der Waals surface area contributed by atoms with Gasteiger partial charge >= 0.3 is 25.4 Å². The smallest absolute Gasteiger partial charge is 0.465 e. The molecule has 0 N–H and O–H groups in total. The van der Waals surface area contributed by atoms with E-state index in [1.165, 1.54) is 0 Å². The van der Waals surface area contributed by atoms with E-state index in [0.717, 1.165) is 12.8 Å². The van der Waals surface area contributed by atoms with Crippen LogP contribution in [0.25, 0.3) is 0 Å². The molecule has 0 heterocycles. The van der Waals surface area contributed by atoms with Crippen LogP contribution in [0.3, 0.4) is 0 Å². The van der Waals surface area contributed by atoms with Crippen molar-refractivity contribution in [2.24, 2.45) is 5.41 Å². The maximum absolute atomic E-state index is 11.1. The molecular formula is C13H28O2SiZn. The monoisotopic (exact) mass is 308 g/mol. The molecule has 4 heteroatoms. The van der Waals surface area contributed by atoms with E-state index in [0.29, 0.717) is 6.61 Å². The largest absolute Gasteiger partial charge is 2.00 e. The number of ether oxygens (including phenoxy) is 1. The Bertz CT molecular complexity index is 187. The summed E-state index contributed by atoms with van der Waals surface area (Å²) in [5, 5.41) is 0. The Balaban J connectivity index is -0.000000280. The van der Waals surface area contributed by atoms with Crippen LogP contribution in [-0.4, -0.2) is 20.7 Å². The third-order valence-electron chi connectivity index (χ3n) is 1.24. The molecule has 0 aliphatic rings. The summed E-state index contributed by atoms with van der Waals surface area (Å²) in [7, 11) is -0.861. The molecule has 2 nitrogen and oxygen atoms in total. The molecule has 0 aromatic heterocycles. The Labute approximate surface area is 122 Å². The molecule has 0 aromatic rings. The van der Waals surface area contributed by atoms with Crippen molar-refractivity contribution < 1.29 is 29.0 Å². The summed E-state index contributed by atoms with van der Waals surface area (Å²) in [5.41, 5.74) is -0.374. The molecule has 98 valence electrons. The van der Waals surface area contributed by atoms with Crippen molar-refractivity contribution in [2.45, 2.75) is 53.3 Å². The third kappa shape index (κ3) is 26.1. The quantitative estimate of drug-likeness (QED) is 0.342. The number of unbranched alkanes of at least 4 members (excludes halogenated alkanes) is 1. The zero-order chi connectivity index (χ0) is 13.4. The summed E-state index contributed by atoms with van der Waals surface area (Å²) in [6.45, 7) is 20.2. The van der Waals surface area contributed by atoms with Gasteiger partial charge in [-0.15, -0.1) is 8.07 Å². The number of esters is 1. The normalized spacial score (nSPS) is 10.8. The summed E-state index contributed by atoms with van der Waals surface area (Å²) < 4.78 is 4.97. The molecule has 0 amide bonds. The molecule has 17 heavy (non-hydrogen) atoms. The van der Waals surface area contributed by atoms with Gasteiger partial charge in [0.15, 0.2) is 0 Å². The molecule has 0 atom stereocenters. The van der Waals surface area contributed by atoms with Crippen molar-refractivity contribution >= 4 is 14.0 Å². The van der Waals surface area contributed by atoms with Crippen LogP contribution in [0.2, 0.25) is 19.6 Å². The number of rotatable bonds is 3. The standard InChI is InChI=1S/C9H17O2.C4H11Si.Zn/c1-5-6-7-11-8(10)9(2,3)4;1-5(2,3)4;/h1,5-7H2,2-4H3;1H2,2-4H3;/q2*-1;+2. The predicted molar refractivity (Wildman–Crippen MR) is 73.7 cm³/mol. The SMILES string of the molecule is [CH2-]CCCOC(=O)C(C)(C)C.[CH2-][Si](C)(C)C.[Zn+2]. The molecular weight excluding hydrogens is 282 g/mol. The second kappa shape index (κ2) is 10.3.